The molecule has 1 amide bonds. The first-order valence-corrected chi connectivity index (χ1v) is 11.0. The zero-order valence-corrected chi connectivity index (χ0v) is 18.0. The molecule has 3 aromatic rings. The van der Waals surface area contributed by atoms with Crippen LogP contribution in [-0.2, 0) is 14.8 Å². The SMILES string of the molecule is CCC(=O)N(c1ccccc1/C=C/c1cc[n+]([O-])cc1)S(=O)(=O)c1ccc(OC)cc1. The molecule has 1 aromatic heterocycles. The van der Waals surface area contributed by atoms with Crippen LogP contribution in [0.15, 0.2) is 78.0 Å². The number of hydrogen-bond donors (Lipinski definition) is 0. The number of hydrogen-bond acceptors (Lipinski definition) is 5. The van der Waals surface area contributed by atoms with Gasteiger partial charge in [-0.15, -0.1) is 0 Å². The fourth-order valence-electron chi connectivity index (χ4n) is 2.93. The summed E-state index contributed by atoms with van der Waals surface area (Å²) >= 11 is 0. The van der Waals surface area contributed by atoms with Crippen LogP contribution in [0.25, 0.3) is 12.2 Å². The van der Waals surface area contributed by atoms with Crippen LogP contribution in [0.2, 0.25) is 0 Å². The van der Waals surface area contributed by atoms with Gasteiger partial charge in [-0.3, -0.25) is 4.79 Å². The number of nitrogens with zero attached hydrogens (tertiary/aromatic N) is 2. The van der Waals surface area contributed by atoms with E-state index in [1.54, 1.807) is 55.5 Å². The van der Waals surface area contributed by atoms with E-state index >= 15 is 0 Å². The van der Waals surface area contributed by atoms with Crippen molar-refractivity contribution in [2.75, 3.05) is 11.4 Å². The number of aromatic nitrogens is 1. The Kier molecular flexibility index (Phi) is 6.71. The second-order valence-electron chi connectivity index (χ2n) is 6.58. The standard InChI is InChI=1S/C23H22N2O5S/c1-3-23(26)25(31(28,29)21-12-10-20(30-2)11-13-21)22-7-5-4-6-19(22)9-8-18-14-16-24(27)17-15-18/h4-17H,3H2,1-2H3/b9-8+. The third kappa shape index (κ3) is 4.92. The van der Waals surface area contributed by atoms with Crippen LogP contribution < -0.4 is 13.8 Å². The first-order valence-electron chi connectivity index (χ1n) is 9.55. The van der Waals surface area contributed by atoms with Crippen molar-refractivity contribution in [1.82, 2.24) is 0 Å². The average molecular weight is 439 g/mol. The average Bonchev–Trinajstić information content (AvgIpc) is 2.79. The number of carbonyl (C=O) groups excluding carboxylic acids is 1. The van der Waals surface area contributed by atoms with Gasteiger partial charge in [-0.25, -0.2) is 12.7 Å². The van der Waals surface area contributed by atoms with Crippen molar-refractivity contribution in [3.05, 3.63) is 89.4 Å². The van der Waals surface area contributed by atoms with E-state index in [-0.39, 0.29) is 17.0 Å². The highest BCUT2D eigenvalue weighted by Gasteiger charge is 2.31. The molecule has 0 aliphatic heterocycles. The molecule has 7 nitrogen and oxygen atoms in total. The Labute approximate surface area is 181 Å². The molecule has 0 spiro atoms. The third-order valence-corrected chi connectivity index (χ3v) is 6.31. The number of sulfonamides is 1. The highest BCUT2D eigenvalue weighted by atomic mass is 32.2. The van der Waals surface area contributed by atoms with Crippen LogP contribution in [0.5, 0.6) is 5.75 Å². The molecule has 0 aliphatic carbocycles. The first kappa shape index (κ1) is 22.0. The molecule has 0 aliphatic rings. The van der Waals surface area contributed by atoms with Gasteiger partial charge in [-0.2, -0.15) is 4.73 Å². The summed E-state index contributed by atoms with van der Waals surface area (Å²) in [5, 5.41) is 11.2. The maximum absolute atomic E-state index is 13.4. The lowest BCUT2D eigenvalue weighted by atomic mass is 10.1. The van der Waals surface area contributed by atoms with Gasteiger partial charge in [0.2, 0.25) is 5.91 Å². The summed E-state index contributed by atoms with van der Waals surface area (Å²) in [6, 6.07) is 15.9. The van der Waals surface area contributed by atoms with Gasteiger partial charge in [0.25, 0.3) is 10.0 Å². The lowest BCUT2D eigenvalue weighted by Crippen LogP contribution is -2.37. The number of pyridine rings is 1. The summed E-state index contributed by atoms with van der Waals surface area (Å²) in [4.78, 5) is 12.8. The summed E-state index contributed by atoms with van der Waals surface area (Å²) in [6.07, 6.45) is 6.20. The van der Waals surface area contributed by atoms with Crippen LogP contribution in [0.4, 0.5) is 5.69 Å². The highest BCUT2D eigenvalue weighted by Crippen LogP contribution is 2.30. The minimum absolute atomic E-state index is 0.00954. The molecule has 0 bridgehead atoms. The van der Waals surface area contributed by atoms with Gasteiger partial charge in [0.15, 0.2) is 12.4 Å². The third-order valence-electron chi connectivity index (χ3n) is 4.57. The number of carbonyl (C=O) groups is 1. The molecule has 0 fully saturated rings. The smallest absolute Gasteiger partial charge is 0.270 e. The summed E-state index contributed by atoms with van der Waals surface area (Å²) in [5.74, 6) is -0.0401. The second kappa shape index (κ2) is 9.44. The van der Waals surface area contributed by atoms with Gasteiger partial charge < -0.3 is 9.94 Å². The van der Waals surface area contributed by atoms with Crippen LogP contribution in [0.1, 0.15) is 24.5 Å². The normalized spacial score (nSPS) is 11.4. The topological polar surface area (TPSA) is 90.6 Å². The number of ether oxygens (including phenoxy) is 1. The van der Waals surface area contributed by atoms with E-state index < -0.39 is 15.9 Å². The van der Waals surface area contributed by atoms with Gasteiger partial charge in [0, 0.05) is 18.6 Å². The molecule has 2 aromatic carbocycles. The summed E-state index contributed by atoms with van der Waals surface area (Å²) in [5.41, 5.74) is 1.55. The molecule has 0 radical (unpaired) electrons. The second-order valence-corrected chi connectivity index (χ2v) is 8.36. The van der Waals surface area contributed by atoms with Gasteiger partial charge in [-0.1, -0.05) is 37.3 Å². The lowest BCUT2D eigenvalue weighted by molar-refractivity contribution is -0.605. The van der Waals surface area contributed by atoms with E-state index in [2.05, 4.69) is 0 Å². The van der Waals surface area contributed by atoms with Crippen molar-refractivity contribution < 1.29 is 22.7 Å². The predicted molar refractivity (Wildman–Crippen MR) is 119 cm³/mol. The van der Waals surface area contributed by atoms with E-state index in [0.29, 0.717) is 16.0 Å². The Bertz CT molecular complexity index is 1190. The number of amides is 1. The molecule has 160 valence electrons. The largest absolute Gasteiger partial charge is 0.619 e. The highest BCUT2D eigenvalue weighted by molar-refractivity contribution is 7.93. The molecule has 0 saturated heterocycles. The summed E-state index contributed by atoms with van der Waals surface area (Å²) in [7, 11) is -2.66. The zero-order valence-electron chi connectivity index (χ0n) is 17.1. The van der Waals surface area contributed by atoms with Crippen LogP contribution >= 0.6 is 0 Å². The van der Waals surface area contributed by atoms with E-state index in [4.69, 9.17) is 4.74 Å². The zero-order chi connectivity index (χ0) is 22.4. The van der Waals surface area contributed by atoms with Crippen LogP contribution in [0, 0.1) is 5.21 Å². The molecule has 0 atom stereocenters. The maximum atomic E-state index is 13.4. The fourth-order valence-corrected chi connectivity index (χ4v) is 4.44. The van der Waals surface area contributed by atoms with Crippen LogP contribution in [0.3, 0.4) is 0 Å². The fraction of sp³-hybridized carbons (Fsp3) is 0.130. The van der Waals surface area contributed by atoms with E-state index in [1.807, 2.05) is 0 Å². The minimum Gasteiger partial charge on any atom is -0.619 e. The van der Waals surface area contributed by atoms with Crippen LogP contribution in [-0.4, -0.2) is 21.4 Å². The lowest BCUT2D eigenvalue weighted by Gasteiger charge is -2.24. The van der Waals surface area contributed by atoms with Crippen molar-refractivity contribution in [2.24, 2.45) is 0 Å². The number of para-hydroxylation sites is 1. The Balaban J connectivity index is 2.07. The molecule has 8 heteroatoms. The Morgan fingerprint density at radius 2 is 1.68 bits per heavy atom. The van der Waals surface area contributed by atoms with Crippen molar-refractivity contribution in [3.8, 4) is 5.75 Å². The maximum Gasteiger partial charge on any atom is 0.270 e. The Morgan fingerprint density at radius 3 is 2.29 bits per heavy atom. The number of methoxy groups -OCH3 is 1. The van der Waals surface area contributed by atoms with E-state index in [1.165, 1.54) is 43.8 Å². The Hall–Kier alpha value is -3.65. The summed E-state index contributed by atoms with van der Waals surface area (Å²) in [6.45, 7) is 1.61. The predicted octanol–water partition coefficient (Wildman–Crippen LogP) is 3.63. The van der Waals surface area contributed by atoms with Gasteiger partial charge in [-0.05, 0) is 41.5 Å². The van der Waals surface area contributed by atoms with Crippen molar-refractivity contribution >= 4 is 33.8 Å². The number of rotatable bonds is 7. The monoisotopic (exact) mass is 438 g/mol. The molecule has 0 saturated carbocycles. The molecular weight excluding hydrogens is 416 g/mol. The number of benzene rings is 2. The minimum atomic E-state index is -4.15. The summed E-state index contributed by atoms with van der Waals surface area (Å²) < 4.78 is 33.4. The van der Waals surface area contributed by atoms with E-state index in [9.17, 15) is 18.4 Å². The molecule has 31 heavy (non-hydrogen) atoms. The van der Waals surface area contributed by atoms with Gasteiger partial charge in [0.05, 0.1) is 17.7 Å². The molecule has 1 heterocycles. The molecule has 0 unspecified atom stereocenters. The van der Waals surface area contributed by atoms with Gasteiger partial charge in [0.1, 0.15) is 5.75 Å². The molecule has 3 rings (SSSR count). The quantitative estimate of drug-likeness (QED) is 0.415. The van der Waals surface area contributed by atoms with Crippen molar-refractivity contribution in [1.29, 1.82) is 0 Å². The molecule has 0 N–H and O–H groups in total. The van der Waals surface area contributed by atoms with Crippen molar-refractivity contribution in [3.63, 3.8) is 0 Å². The Morgan fingerprint density at radius 1 is 1.03 bits per heavy atom. The molecular formula is C23H22N2O5S. The van der Waals surface area contributed by atoms with E-state index in [0.717, 1.165) is 9.87 Å². The number of anilines is 1. The van der Waals surface area contributed by atoms with Gasteiger partial charge >= 0.3 is 0 Å². The first-order chi connectivity index (χ1) is 14.9. The van der Waals surface area contributed by atoms with Crippen molar-refractivity contribution in [2.45, 2.75) is 18.2 Å².